The molecule has 2 aromatic rings. The van der Waals surface area contributed by atoms with Crippen molar-refractivity contribution in [2.45, 2.75) is 96.6 Å². The lowest BCUT2D eigenvalue weighted by Gasteiger charge is -2.58. The van der Waals surface area contributed by atoms with Gasteiger partial charge in [0.2, 0.25) is 0 Å². The monoisotopic (exact) mass is 965 g/mol. The van der Waals surface area contributed by atoms with Crippen LogP contribution in [0.15, 0.2) is 36.4 Å². The van der Waals surface area contributed by atoms with E-state index < -0.39 is 36.3 Å². The molecule has 13 nitrogen and oxygen atoms in total. The first kappa shape index (κ1) is 49.4. The summed E-state index contributed by atoms with van der Waals surface area (Å²) in [4.78, 5) is 69.6. The van der Waals surface area contributed by atoms with Crippen molar-refractivity contribution in [1.82, 2.24) is 24.9 Å². The molecule has 17 heteroatoms. The van der Waals surface area contributed by atoms with Crippen LogP contribution in [0.5, 0.6) is 0 Å². The van der Waals surface area contributed by atoms with E-state index in [1.54, 1.807) is 21.9 Å². The number of hydrogen-bond acceptors (Lipinski definition) is 8. The van der Waals surface area contributed by atoms with Gasteiger partial charge in [-0.3, -0.25) is 14.4 Å². The highest BCUT2D eigenvalue weighted by Crippen LogP contribution is 2.61. The zero-order valence-corrected chi connectivity index (χ0v) is 39.6. The van der Waals surface area contributed by atoms with Crippen molar-refractivity contribution in [3.05, 3.63) is 70.3 Å². The van der Waals surface area contributed by atoms with Gasteiger partial charge in [0.05, 0.1) is 52.6 Å². The average Bonchev–Trinajstić information content (AvgIpc) is 3.32. The van der Waals surface area contributed by atoms with Gasteiger partial charge < -0.3 is 40.1 Å². The number of nitrogens with two attached hydrogens (primary N) is 1. The summed E-state index contributed by atoms with van der Waals surface area (Å²) in [6.07, 6.45) is 11.6. The van der Waals surface area contributed by atoms with E-state index in [0.29, 0.717) is 76.8 Å². The number of benzene rings is 2. The van der Waals surface area contributed by atoms with E-state index in [0.717, 1.165) is 60.8 Å². The summed E-state index contributed by atoms with van der Waals surface area (Å²) in [7, 11) is 0. The second kappa shape index (κ2) is 21.0. The number of nitrogens with zero attached hydrogens (tertiary/aromatic N) is 4. The first-order valence-electron chi connectivity index (χ1n) is 25.3. The van der Waals surface area contributed by atoms with Gasteiger partial charge in [-0.05, 0) is 136 Å². The Morgan fingerprint density at radius 1 is 0.609 bits per heavy atom. The van der Waals surface area contributed by atoms with Crippen LogP contribution in [-0.4, -0.2) is 134 Å². The molecule has 8 saturated carbocycles. The van der Waals surface area contributed by atoms with E-state index in [1.165, 1.54) is 76.0 Å². The lowest BCUT2D eigenvalue weighted by atomic mass is 9.49. The molecule has 0 aromatic heterocycles. The number of ketones is 2. The fraction of sp³-hybridized carbons (Fsp3) is 0.673. The molecule has 0 radical (unpaired) electrons. The molecule has 10 fully saturated rings. The van der Waals surface area contributed by atoms with Gasteiger partial charge in [0, 0.05) is 61.5 Å². The van der Waals surface area contributed by atoms with E-state index in [2.05, 4.69) is 0 Å². The molecule has 12 rings (SSSR count). The molecule has 10 aliphatic rings. The predicted molar refractivity (Wildman–Crippen MR) is 247 cm³/mol. The van der Waals surface area contributed by atoms with Crippen molar-refractivity contribution in [2.75, 3.05) is 78.8 Å². The van der Waals surface area contributed by atoms with E-state index in [9.17, 15) is 37.1 Å². The quantitative estimate of drug-likeness (QED) is 0.148. The number of halogens is 4. The van der Waals surface area contributed by atoms with Crippen LogP contribution in [0.3, 0.4) is 0 Å². The number of rotatable bonds is 14. The largest absolute Gasteiger partial charge is 0.378 e. The third kappa shape index (κ3) is 11.5. The summed E-state index contributed by atoms with van der Waals surface area (Å²) in [5.74, 6) is 0.940. The van der Waals surface area contributed by atoms with Gasteiger partial charge in [-0.2, -0.15) is 8.78 Å². The highest BCUT2D eigenvalue weighted by Gasteiger charge is 2.53. The number of ether oxygens (including phenoxy) is 2. The summed E-state index contributed by atoms with van der Waals surface area (Å²) in [6.45, 7) is 4.97. The van der Waals surface area contributed by atoms with Crippen molar-refractivity contribution in [2.24, 2.45) is 52.1 Å². The van der Waals surface area contributed by atoms with Crippen LogP contribution in [0.4, 0.5) is 27.2 Å². The number of morpholine rings is 2. The van der Waals surface area contributed by atoms with Crippen molar-refractivity contribution in [3.8, 4) is 0 Å². The summed E-state index contributed by atoms with van der Waals surface area (Å²) in [5.41, 5.74) is 6.66. The standard InChI is InChI=1S/C27H34F3N3O4.C25H34FN3O3/c28-22-10-20(23(34)14-31-25(35)24(29)30)1-2-21(22)15-33(26(36)32-3-5-37-6-4-32)16-27-11-17-7-18(12-27)9-19(8-17)13-27;26-22-10-20(23(30)14-27)1-2-21(22)15-29(24(31)28-3-5-32-6-4-28)16-25-11-17-7-18(12-25)9-19(8-17)13-25/h1-2,10,17-19,24H,3-9,11-16H2,(H,31,35);1-2,10,17-19H,3-9,11-16,27H2. The Balaban J connectivity index is 0.000000174. The Kier molecular flexibility index (Phi) is 15.0. The smallest absolute Gasteiger partial charge is 0.320 e. The minimum Gasteiger partial charge on any atom is -0.378 e. The Hall–Kier alpha value is -4.61. The molecule has 2 heterocycles. The number of alkyl halides is 2. The second-order valence-corrected chi connectivity index (χ2v) is 22.0. The third-order valence-electron chi connectivity index (χ3n) is 16.8. The number of urea groups is 2. The summed E-state index contributed by atoms with van der Waals surface area (Å²) in [5, 5.41) is 1.84. The third-order valence-corrected chi connectivity index (χ3v) is 16.8. The van der Waals surface area contributed by atoms with Crippen LogP contribution in [0.25, 0.3) is 0 Å². The lowest BCUT2D eigenvalue weighted by Crippen LogP contribution is -2.55. The molecule has 0 unspecified atom stereocenters. The van der Waals surface area contributed by atoms with E-state index in [1.807, 2.05) is 15.1 Å². The molecule has 0 atom stereocenters. The first-order valence-corrected chi connectivity index (χ1v) is 25.3. The Morgan fingerprint density at radius 2 is 0.971 bits per heavy atom. The van der Waals surface area contributed by atoms with Crippen LogP contribution in [0.2, 0.25) is 0 Å². The average molecular weight is 965 g/mol. The number of nitrogens with one attached hydrogen (secondary N) is 1. The van der Waals surface area contributed by atoms with Gasteiger partial charge in [-0.25, -0.2) is 18.4 Å². The van der Waals surface area contributed by atoms with Gasteiger partial charge in [0.1, 0.15) is 11.6 Å². The van der Waals surface area contributed by atoms with Crippen LogP contribution in [0.1, 0.15) is 109 Å². The van der Waals surface area contributed by atoms with Crippen LogP contribution < -0.4 is 11.1 Å². The number of carbonyl (C=O) groups excluding carboxylic acids is 5. The summed E-state index contributed by atoms with van der Waals surface area (Å²) < 4.78 is 65.7. The van der Waals surface area contributed by atoms with Crippen LogP contribution in [0, 0.1) is 58.0 Å². The minimum atomic E-state index is -3.23. The number of Topliss-reactive ketones (excluding diaryl/α,β-unsaturated/α-hetero) is 2. The van der Waals surface area contributed by atoms with Crippen LogP contribution in [-0.2, 0) is 27.4 Å². The zero-order valence-electron chi connectivity index (χ0n) is 39.6. The minimum absolute atomic E-state index is 0.0226. The number of amides is 5. The predicted octanol–water partition coefficient (Wildman–Crippen LogP) is 7.30. The maximum absolute atomic E-state index is 15.2. The zero-order chi connectivity index (χ0) is 48.5. The SMILES string of the molecule is NCC(=O)c1ccc(CN(CC23CC4CC(CC(C4)C2)C3)C(=O)N2CCOCC2)c(F)c1.O=C(CNC(=O)C(F)F)c1ccc(CN(CC23CC4CC(CC(C4)C2)C3)C(=O)N2CCOCC2)c(F)c1. The molecule has 8 aliphatic carbocycles. The van der Waals surface area contributed by atoms with E-state index in [-0.39, 0.29) is 59.4 Å². The number of carbonyl (C=O) groups is 5. The molecule has 2 aliphatic heterocycles. The topological polar surface area (TPSA) is 155 Å². The van der Waals surface area contributed by atoms with E-state index >= 15 is 4.39 Å². The molecular formula is C52H68F4N6O7. The van der Waals surface area contributed by atoms with Gasteiger partial charge in [0.15, 0.2) is 11.6 Å². The summed E-state index contributed by atoms with van der Waals surface area (Å²) >= 11 is 0. The van der Waals surface area contributed by atoms with Crippen molar-refractivity contribution < 1.29 is 51.0 Å². The molecular weight excluding hydrogens is 897 g/mol. The van der Waals surface area contributed by atoms with Gasteiger partial charge in [-0.15, -0.1) is 0 Å². The highest BCUT2D eigenvalue weighted by molar-refractivity contribution is 5.99. The molecule has 0 spiro atoms. The first-order chi connectivity index (χ1) is 33.2. The number of hydrogen-bond donors (Lipinski definition) is 2. The van der Waals surface area contributed by atoms with Crippen molar-refractivity contribution in [3.63, 3.8) is 0 Å². The van der Waals surface area contributed by atoms with Crippen LogP contribution >= 0.6 is 0 Å². The van der Waals surface area contributed by atoms with Gasteiger partial charge in [-0.1, -0.05) is 24.3 Å². The molecule has 376 valence electrons. The van der Waals surface area contributed by atoms with Gasteiger partial charge in [0.25, 0.3) is 5.91 Å². The Morgan fingerprint density at radius 3 is 1.30 bits per heavy atom. The molecule has 69 heavy (non-hydrogen) atoms. The van der Waals surface area contributed by atoms with E-state index in [4.69, 9.17) is 15.2 Å². The Labute approximate surface area is 402 Å². The van der Waals surface area contributed by atoms with Gasteiger partial charge >= 0.3 is 18.5 Å². The fourth-order valence-corrected chi connectivity index (χ4v) is 14.6. The maximum atomic E-state index is 15.2. The highest BCUT2D eigenvalue weighted by atomic mass is 19.3. The molecule has 8 bridgehead atoms. The molecule has 2 aromatic carbocycles. The maximum Gasteiger partial charge on any atom is 0.320 e. The second-order valence-electron chi connectivity index (χ2n) is 22.0. The van der Waals surface area contributed by atoms with Crippen molar-refractivity contribution >= 4 is 29.5 Å². The fourth-order valence-electron chi connectivity index (χ4n) is 14.6. The molecule has 5 amide bonds. The molecule has 2 saturated heterocycles. The normalized spacial score (nSPS) is 29.7. The van der Waals surface area contributed by atoms with Crippen molar-refractivity contribution in [1.29, 1.82) is 0 Å². The Bertz CT molecular complexity index is 2160. The lowest BCUT2D eigenvalue weighted by molar-refractivity contribution is -0.131. The molecule has 3 N–H and O–H groups in total. The summed E-state index contributed by atoms with van der Waals surface area (Å²) in [6, 6.07) is 8.31.